The Hall–Kier alpha value is -2.01. The van der Waals surface area contributed by atoms with E-state index in [4.69, 9.17) is 23.2 Å². The number of piperidine rings is 1. The van der Waals surface area contributed by atoms with Crippen LogP contribution in [-0.4, -0.2) is 23.6 Å². The molecule has 0 unspecified atom stereocenters. The topological polar surface area (TPSA) is 46.1 Å². The lowest BCUT2D eigenvalue weighted by Crippen LogP contribution is -2.52. The summed E-state index contributed by atoms with van der Waals surface area (Å²) in [5.41, 5.74) is 2.22. The Morgan fingerprint density at radius 3 is 2.52 bits per heavy atom. The number of aromatic nitrogens is 1. The summed E-state index contributed by atoms with van der Waals surface area (Å²) >= 11 is 12.5. The number of amides is 1. The predicted octanol–water partition coefficient (Wildman–Crippen LogP) is 4.49. The van der Waals surface area contributed by atoms with Crippen molar-refractivity contribution in [2.75, 3.05) is 13.1 Å². The Morgan fingerprint density at radius 1 is 1.11 bits per heavy atom. The molecule has 0 aliphatic carbocycles. The first-order valence-electron chi connectivity index (χ1n) is 9.04. The van der Waals surface area contributed by atoms with E-state index in [1.807, 2.05) is 41.9 Å². The fraction of sp³-hybridized carbons (Fsp3) is 0.286. The molecule has 0 radical (unpaired) electrons. The van der Waals surface area contributed by atoms with Crippen LogP contribution in [0.25, 0.3) is 10.9 Å². The van der Waals surface area contributed by atoms with Crippen LogP contribution in [0.2, 0.25) is 10.0 Å². The molecular weight excluding hydrogens is 381 g/mol. The van der Waals surface area contributed by atoms with Gasteiger partial charge in [-0.05, 0) is 49.7 Å². The molecule has 0 spiro atoms. The number of rotatable bonds is 3. The number of fused-ring (bicyclic) bond motifs is 1. The van der Waals surface area contributed by atoms with Crippen LogP contribution in [-0.2, 0) is 12.6 Å². The van der Waals surface area contributed by atoms with Gasteiger partial charge in [0, 0.05) is 18.0 Å². The molecule has 0 atom stereocenters. The van der Waals surface area contributed by atoms with Gasteiger partial charge in [-0.25, -0.2) is 0 Å². The summed E-state index contributed by atoms with van der Waals surface area (Å²) in [4.78, 5) is 13.2. The minimum atomic E-state index is -0.374. The van der Waals surface area contributed by atoms with Gasteiger partial charge in [-0.3, -0.25) is 4.79 Å². The van der Waals surface area contributed by atoms with Gasteiger partial charge < -0.3 is 15.2 Å². The monoisotopic (exact) mass is 401 g/mol. The van der Waals surface area contributed by atoms with Crippen molar-refractivity contribution < 1.29 is 4.79 Å². The highest BCUT2D eigenvalue weighted by atomic mass is 35.5. The molecule has 2 N–H and O–H groups in total. The number of nitrogens with zero attached hydrogens (tertiary/aromatic N) is 1. The molecule has 1 saturated heterocycles. The van der Waals surface area contributed by atoms with E-state index in [1.165, 1.54) is 0 Å². The van der Waals surface area contributed by atoms with E-state index in [2.05, 4.69) is 22.8 Å². The van der Waals surface area contributed by atoms with Crippen molar-refractivity contribution in [3.05, 3.63) is 69.8 Å². The first kappa shape index (κ1) is 18.4. The van der Waals surface area contributed by atoms with E-state index >= 15 is 0 Å². The third-order valence-corrected chi connectivity index (χ3v) is 6.30. The van der Waals surface area contributed by atoms with E-state index in [1.54, 1.807) is 6.07 Å². The molecule has 0 saturated carbocycles. The van der Waals surface area contributed by atoms with Gasteiger partial charge in [0.15, 0.2) is 0 Å². The molecule has 2 aromatic carbocycles. The van der Waals surface area contributed by atoms with Gasteiger partial charge in [-0.2, -0.15) is 0 Å². The number of aryl methyl sites for hydroxylation is 1. The lowest BCUT2D eigenvalue weighted by molar-refractivity contribution is 0.0864. The Bertz CT molecular complexity index is 992. The van der Waals surface area contributed by atoms with Gasteiger partial charge in [-0.15, -0.1) is 0 Å². The molecule has 1 amide bonds. The maximum atomic E-state index is 13.2. The number of hydrogen-bond acceptors (Lipinski definition) is 2. The molecule has 0 bridgehead atoms. The third-order valence-electron chi connectivity index (χ3n) is 5.48. The molecular formula is C21H21Cl2N3O. The average molecular weight is 402 g/mol. The summed E-state index contributed by atoms with van der Waals surface area (Å²) in [6, 6.07) is 15.7. The van der Waals surface area contributed by atoms with Gasteiger partial charge in [0.05, 0.1) is 15.6 Å². The second-order valence-electron chi connectivity index (χ2n) is 7.04. The smallest absolute Gasteiger partial charge is 0.268 e. The van der Waals surface area contributed by atoms with Crippen LogP contribution in [0.4, 0.5) is 0 Å². The first-order chi connectivity index (χ1) is 13.0. The quantitative estimate of drug-likeness (QED) is 0.678. The minimum Gasteiger partial charge on any atom is -0.341 e. The van der Waals surface area contributed by atoms with E-state index in [0.717, 1.165) is 42.4 Å². The standard InChI is InChI=1S/C21H21Cl2N3O/c1-26-17-8-7-16(22)19(23)15(17)13-18(26)20(27)25-21(9-11-24-12-10-21)14-5-3-2-4-6-14/h2-8,13,24H,9-12H2,1H3,(H,25,27). The van der Waals surface area contributed by atoms with Crippen molar-refractivity contribution in [2.24, 2.45) is 7.05 Å². The van der Waals surface area contributed by atoms with E-state index in [9.17, 15) is 4.79 Å². The molecule has 1 aliphatic heterocycles. The van der Waals surface area contributed by atoms with Crippen molar-refractivity contribution in [3.63, 3.8) is 0 Å². The zero-order valence-electron chi connectivity index (χ0n) is 15.1. The predicted molar refractivity (Wildman–Crippen MR) is 111 cm³/mol. The summed E-state index contributed by atoms with van der Waals surface area (Å²) in [6.07, 6.45) is 1.69. The zero-order chi connectivity index (χ0) is 19.0. The first-order valence-corrected chi connectivity index (χ1v) is 9.80. The van der Waals surface area contributed by atoms with Crippen LogP contribution in [0.5, 0.6) is 0 Å². The maximum Gasteiger partial charge on any atom is 0.268 e. The van der Waals surface area contributed by atoms with Crippen molar-refractivity contribution in [3.8, 4) is 0 Å². The Labute approximate surface area is 168 Å². The van der Waals surface area contributed by atoms with E-state index in [-0.39, 0.29) is 11.4 Å². The highest BCUT2D eigenvalue weighted by Gasteiger charge is 2.36. The highest BCUT2D eigenvalue weighted by molar-refractivity contribution is 6.45. The van der Waals surface area contributed by atoms with Gasteiger partial charge >= 0.3 is 0 Å². The molecule has 4 rings (SSSR count). The van der Waals surface area contributed by atoms with Crippen molar-refractivity contribution in [2.45, 2.75) is 18.4 Å². The SMILES string of the molecule is Cn1c(C(=O)NC2(c3ccccc3)CCNCC2)cc2c(Cl)c(Cl)ccc21. The summed E-state index contributed by atoms with van der Waals surface area (Å²) in [7, 11) is 1.87. The lowest BCUT2D eigenvalue weighted by atomic mass is 9.81. The number of hydrogen-bond donors (Lipinski definition) is 2. The molecule has 4 nitrogen and oxygen atoms in total. The lowest BCUT2D eigenvalue weighted by Gasteiger charge is -2.39. The van der Waals surface area contributed by atoms with Crippen LogP contribution in [0.15, 0.2) is 48.5 Å². The normalized spacial score (nSPS) is 16.4. The van der Waals surface area contributed by atoms with Crippen molar-refractivity contribution in [1.29, 1.82) is 0 Å². The number of halogens is 2. The summed E-state index contributed by atoms with van der Waals surface area (Å²) in [5.74, 6) is -0.105. The minimum absolute atomic E-state index is 0.105. The maximum absolute atomic E-state index is 13.2. The van der Waals surface area contributed by atoms with Gasteiger partial charge in [0.2, 0.25) is 0 Å². The number of carbonyl (C=O) groups excluding carboxylic acids is 1. The van der Waals surface area contributed by atoms with Crippen LogP contribution in [0.1, 0.15) is 28.9 Å². The second-order valence-corrected chi connectivity index (χ2v) is 7.82. The summed E-state index contributed by atoms with van der Waals surface area (Å²) in [6.45, 7) is 1.73. The van der Waals surface area contributed by atoms with Crippen molar-refractivity contribution >= 4 is 40.0 Å². The molecule has 1 fully saturated rings. The molecule has 140 valence electrons. The second kappa shape index (κ2) is 7.19. The van der Waals surface area contributed by atoms with Crippen LogP contribution < -0.4 is 10.6 Å². The molecule has 2 heterocycles. The Morgan fingerprint density at radius 2 is 1.81 bits per heavy atom. The largest absolute Gasteiger partial charge is 0.341 e. The number of carbonyl (C=O) groups is 1. The van der Waals surface area contributed by atoms with Crippen LogP contribution >= 0.6 is 23.2 Å². The number of nitrogens with one attached hydrogen (secondary N) is 2. The van der Waals surface area contributed by atoms with Crippen LogP contribution in [0.3, 0.4) is 0 Å². The van der Waals surface area contributed by atoms with Gasteiger partial charge in [-0.1, -0.05) is 53.5 Å². The van der Waals surface area contributed by atoms with Crippen LogP contribution in [0, 0.1) is 0 Å². The third kappa shape index (κ3) is 3.22. The molecule has 27 heavy (non-hydrogen) atoms. The average Bonchev–Trinajstić information content (AvgIpc) is 3.03. The molecule has 3 aromatic rings. The van der Waals surface area contributed by atoms with E-state index < -0.39 is 0 Å². The zero-order valence-corrected chi connectivity index (χ0v) is 16.6. The summed E-state index contributed by atoms with van der Waals surface area (Å²) < 4.78 is 1.87. The fourth-order valence-electron chi connectivity index (χ4n) is 3.95. The molecule has 1 aliphatic rings. The fourth-order valence-corrected chi connectivity index (χ4v) is 4.32. The van der Waals surface area contributed by atoms with Gasteiger partial charge in [0.25, 0.3) is 5.91 Å². The number of benzene rings is 2. The molecule has 1 aromatic heterocycles. The Kier molecular flexibility index (Phi) is 4.89. The highest BCUT2D eigenvalue weighted by Crippen LogP contribution is 2.34. The van der Waals surface area contributed by atoms with Gasteiger partial charge in [0.1, 0.15) is 5.69 Å². The molecule has 6 heteroatoms. The Balaban J connectivity index is 1.73. The summed E-state index contributed by atoms with van der Waals surface area (Å²) in [5, 5.41) is 8.46. The van der Waals surface area contributed by atoms with Crippen molar-refractivity contribution in [1.82, 2.24) is 15.2 Å². The van der Waals surface area contributed by atoms with E-state index in [0.29, 0.717) is 15.7 Å².